The number of H-pyrrole nitrogens is 1. The summed E-state index contributed by atoms with van der Waals surface area (Å²) in [6, 6.07) is 13.0. The van der Waals surface area contributed by atoms with Gasteiger partial charge in [-0.1, -0.05) is 18.2 Å². The van der Waals surface area contributed by atoms with Gasteiger partial charge in [-0.05, 0) is 45.7 Å². The van der Waals surface area contributed by atoms with Crippen molar-refractivity contribution < 1.29 is 14.3 Å². The van der Waals surface area contributed by atoms with Crippen LogP contribution in [0.5, 0.6) is 5.88 Å². The van der Waals surface area contributed by atoms with Crippen molar-refractivity contribution in [2.24, 2.45) is 0 Å². The Kier molecular flexibility index (Phi) is 4.36. The second kappa shape index (κ2) is 6.99. The van der Waals surface area contributed by atoms with E-state index in [-0.39, 0.29) is 5.88 Å². The number of hydrogen-bond donors (Lipinski definition) is 1. The normalized spacial score (nSPS) is 11.4. The van der Waals surface area contributed by atoms with E-state index >= 15 is 0 Å². The number of aromatic nitrogens is 4. The first kappa shape index (κ1) is 17.5. The maximum absolute atomic E-state index is 12.4. The molecule has 0 bridgehead atoms. The Morgan fingerprint density at radius 3 is 2.57 bits per heavy atom. The molecule has 28 heavy (non-hydrogen) atoms. The lowest BCUT2D eigenvalue weighted by atomic mass is 10.2. The number of hydrogen-bond acceptors (Lipinski definition) is 6. The quantitative estimate of drug-likeness (QED) is 0.542. The zero-order valence-corrected chi connectivity index (χ0v) is 15.3. The molecule has 0 radical (unpaired) electrons. The van der Waals surface area contributed by atoms with E-state index in [9.17, 15) is 9.90 Å². The topological polar surface area (TPSA) is 102 Å². The van der Waals surface area contributed by atoms with Crippen molar-refractivity contribution in [2.45, 2.75) is 0 Å². The average Bonchev–Trinajstić information content (AvgIpc) is 3.13. The summed E-state index contributed by atoms with van der Waals surface area (Å²) >= 11 is 0. The van der Waals surface area contributed by atoms with Crippen molar-refractivity contribution in [3.05, 3.63) is 70.5 Å². The van der Waals surface area contributed by atoms with Crippen LogP contribution in [-0.4, -0.2) is 29.3 Å². The molecule has 8 heteroatoms. The van der Waals surface area contributed by atoms with Crippen LogP contribution in [0.4, 0.5) is 5.69 Å². The zero-order valence-electron chi connectivity index (χ0n) is 15.3. The first-order chi connectivity index (χ1) is 13.5. The molecule has 4 aromatic rings. The maximum Gasteiger partial charge on any atom is 0.427 e. The molecule has 2 aromatic carbocycles. The van der Waals surface area contributed by atoms with E-state index in [1.165, 1.54) is 10.9 Å². The first-order valence-electron chi connectivity index (χ1n) is 8.54. The predicted octanol–water partition coefficient (Wildman–Crippen LogP) is 1.50. The first-order valence-corrected chi connectivity index (χ1v) is 8.54. The van der Waals surface area contributed by atoms with Crippen LogP contribution in [0.2, 0.25) is 0 Å². The van der Waals surface area contributed by atoms with Gasteiger partial charge in [-0.3, -0.25) is 4.52 Å². The number of benzene rings is 2. The van der Waals surface area contributed by atoms with Gasteiger partial charge in [0, 0.05) is 37.3 Å². The largest absolute Gasteiger partial charge is 0.858 e. The zero-order chi connectivity index (χ0) is 19.7. The molecule has 140 valence electrons. The fraction of sp³-hybridized carbons (Fsp3) is 0.100. The van der Waals surface area contributed by atoms with Crippen LogP contribution in [0, 0.1) is 0 Å². The molecule has 2 aromatic heterocycles. The molecule has 0 unspecified atom stereocenters. The van der Waals surface area contributed by atoms with Crippen LogP contribution in [0.25, 0.3) is 28.7 Å². The standard InChI is InChI=1S/C20H17N5O3/c1-24(2)14-6-3-13(4-7-14)5-10-18-21-17-9-8-15(11-16(17)20(27)22-18)25-12-19(26)28-23-25/h3-12H,1-2H3,(H-,21,22,23,26,27)/b10-5-. The molecule has 0 saturated heterocycles. The second-order valence-electron chi connectivity index (χ2n) is 6.42. The molecule has 0 fully saturated rings. The second-order valence-corrected chi connectivity index (χ2v) is 6.42. The molecule has 0 aliphatic rings. The van der Waals surface area contributed by atoms with Crippen LogP contribution in [-0.2, 0) is 0 Å². The number of anilines is 1. The number of rotatable bonds is 4. The molecule has 0 saturated carbocycles. The molecule has 4 rings (SSSR count). The van der Waals surface area contributed by atoms with Crippen LogP contribution in [0.15, 0.2) is 58.0 Å². The van der Waals surface area contributed by atoms with Crippen molar-refractivity contribution in [1.82, 2.24) is 15.2 Å². The smallest absolute Gasteiger partial charge is 0.427 e. The Hall–Kier alpha value is -3.94. The third-order valence-electron chi connectivity index (χ3n) is 4.25. The fourth-order valence-electron chi connectivity index (χ4n) is 2.76. The number of aromatic amines is 1. The lowest BCUT2D eigenvalue weighted by molar-refractivity contribution is -0.670. The van der Waals surface area contributed by atoms with E-state index < -0.39 is 5.63 Å². The SMILES string of the molecule is CN(C)c1ccc(/C=C\c2nc([O-])c3cc(-[n+]4cc(=O)o[nH]4)ccc3n2)cc1. The van der Waals surface area contributed by atoms with E-state index in [4.69, 9.17) is 0 Å². The highest BCUT2D eigenvalue weighted by atomic mass is 16.5. The summed E-state index contributed by atoms with van der Waals surface area (Å²) in [6.45, 7) is 0. The van der Waals surface area contributed by atoms with Crippen LogP contribution >= 0.6 is 0 Å². The summed E-state index contributed by atoms with van der Waals surface area (Å²) in [5.41, 5.74) is 2.67. The summed E-state index contributed by atoms with van der Waals surface area (Å²) in [6.07, 6.45) is 4.81. The fourth-order valence-corrected chi connectivity index (χ4v) is 2.76. The minimum absolute atomic E-state index is 0.339. The van der Waals surface area contributed by atoms with E-state index in [1.807, 2.05) is 49.3 Å². The van der Waals surface area contributed by atoms with Crippen molar-refractivity contribution in [1.29, 1.82) is 0 Å². The molecule has 0 atom stereocenters. The Morgan fingerprint density at radius 1 is 1.11 bits per heavy atom. The van der Waals surface area contributed by atoms with Gasteiger partial charge in [-0.25, -0.2) is 14.8 Å². The van der Waals surface area contributed by atoms with Crippen LogP contribution in [0.3, 0.4) is 0 Å². The summed E-state index contributed by atoms with van der Waals surface area (Å²) < 4.78 is 6.02. The highest BCUT2D eigenvalue weighted by Crippen LogP contribution is 2.21. The van der Waals surface area contributed by atoms with Gasteiger partial charge in [0.2, 0.25) is 5.69 Å². The molecule has 1 N–H and O–H groups in total. The van der Waals surface area contributed by atoms with Gasteiger partial charge in [0.05, 0.1) is 5.52 Å². The van der Waals surface area contributed by atoms with Gasteiger partial charge >= 0.3 is 5.63 Å². The number of nitrogens with zero attached hydrogens (tertiary/aromatic N) is 4. The van der Waals surface area contributed by atoms with Gasteiger partial charge in [0.25, 0.3) is 6.20 Å². The predicted molar refractivity (Wildman–Crippen MR) is 103 cm³/mol. The minimum Gasteiger partial charge on any atom is -0.858 e. The van der Waals surface area contributed by atoms with Crippen molar-refractivity contribution in [3.63, 3.8) is 0 Å². The van der Waals surface area contributed by atoms with E-state index in [1.54, 1.807) is 24.3 Å². The molecule has 0 amide bonds. The lowest BCUT2D eigenvalue weighted by Gasteiger charge is -2.12. The highest BCUT2D eigenvalue weighted by Gasteiger charge is 2.12. The number of fused-ring (bicyclic) bond motifs is 1. The van der Waals surface area contributed by atoms with Crippen molar-refractivity contribution >= 4 is 28.7 Å². The third kappa shape index (κ3) is 3.48. The molecule has 0 aliphatic carbocycles. The molecule has 2 heterocycles. The average molecular weight is 375 g/mol. The van der Waals surface area contributed by atoms with Crippen molar-refractivity contribution in [3.8, 4) is 11.6 Å². The van der Waals surface area contributed by atoms with Gasteiger partial charge in [0.1, 0.15) is 0 Å². The monoisotopic (exact) mass is 375 g/mol. The number of nitrogens with one attached hydrogen (secondary N) is 1. The van der Waals surface area contributed by atoms with E-state index in [0.717, 1.165) is 11.3 Å². The van der Waals surface area contributed by atoms with Gasteiger partial charge in [-0.2, -0.15) is 0 Å². The summed E-state index contributed by atoms with van der Waals surface area (Å²) in [4.78, 5) is 21.6. The van der Waals surface area contributed by atoms with Gasteiger partial charge in [0.15, 0.2) is 5.82 Å². The molecular weight excluding hydrogens is 358 g/mol. The van der Waals surface area contributed by atoms with E-state index in [2.05, 4.69) is 19.8 Å². The lowest BCUT2D eigenvalue weighted by Crippen LogP contribution is -2.32. The maximum atomic E-state index is 12.4. The minimum atomic E-state index is -0.516. The van der Waals surface area contributed by atoms with Crippen molar-refractivity contribution in [2.75, 3.05) is 19.0 Å². The molecule has 0 aliphatic heterocycles. The summed E-state index contributed by atoms with van der Waals surface area (Å²) in [7, 11) is 3.97. The molecular formula is C20H17N5O3. The highest BCUT2D eigenvalue weighted by molar-refractivity contribution is 5.85. The van der Waals surface area contributed by atoms with Gasteiger partial charge < -0.3 is 10.0 Å². The Balaban J connectivity index is 1.64. The third-order valence-corrected chi connectivity index (χ3v) is 4.25. The Bertz CT molecular complexity index is 1220. The summed E-state index contributed by atoms with van der Waals surface area (Å²) in [5, 5.41) is 15.2. The Labute approximate surface area is 160 Å². The van der Waals surface area contributed by atoms with Gasteiger partial charge in [-0.15, -0.1) is 0 Å². The van der Waals surface area contributed by atoms with Crippen LogP contribution < -0.4 is 20.3 Å². The van der Waals surface area contributed by atoms with Crippen LogP contribution in [0.1, 0.15) is 11.4 Å². The summed E-state index contributed by atoms with van der Waals surface area (Å²) in [5.74, 6) is -0.0489. The molecule has 0 spiro atoms. The molecule has 8 nitrogen and oxygen atoms in total. The van der Waals surface area contributed by atoms with E-state index in [0.29, 0.717) is 22.4 Å². The Morgan fingerprint density at radius 2 is 1.89 bits per heavy atom.